The van der Waals surface area contributed by atoms with Crippen LogP contribution in [0.4, 0.5) is 0 Å². The van der Waals surface area contributed by atoms with Crippen molar-refractivity contribution < 1.29 is 4.79 Å². The van der Waals surface area contributed by atoms with Gasteiger partial charge in [0.05, 0.1) is 23.8 Å². The van der Waals surface area contributed by atoms with Gasteiger partial charge < -0.3 is 5.73 Å². The largest absolute Gasteiger partial charge is 0.370 e. The lowest BCUT2D eigenvalue weighted by molar-refractivity contribution is -0.124. The SMILES string of the molecule is C#Cc1cccc(-n2cc(C3N=C(N)NC(=O)C3C)cn2)c1. The highest BCUT2D eigenvalue weighted by Crippen LogP contribution is 2.28. The second-order valence-corrected chi connectivity index (χ2v) is 5.15. The van der Waals surface area contributed by atoms with Gasteiger partial charge in [0.15, 0.2) is 5.96 Å². The van der Waals surface area contributed by atoms with Crippen LogP contribution in [0.15, 0.2) is 41.7 Å². The summed E-state index contributed by atoms with van der Waals surface area (Å²) < 4.78 is 1.71. The first-order valence-corrected chi connectivity index (χ1v) is 6.84. The summed E-state index contributed by atoms with van der Waals surface area (Å²) >= 11 is 0. The minimum Gasteiger partial charge on any atom is -0.370 e. The van der Waals surface area contributed by atoms with Crippen LogP contribution in [-0.4, -0.2) is 21.6 Å². The molecule has 0 fully saturated rings. The van der Waals surface area contributed by atoms with Gasteiger partial charge >= 0.3 is 0 Å². The molecular formula is C16H15N5O. The zero-order valence-electron chi connectivity index (χ0n) is 12.0. The number of benzene rings is 1. The number of nitrogens with one attached hydrogen (secondary N) is 1. The summed E-state index contributed by atoms with van der Waals surface area (Å²) in [5.41, 5.74) is 8.10. The van der Waals surface area contributed by atoms with Crippen molar-refractivity contribution in [3.63, 3.8) is 0 Å². The van der Waals surface area contributed by atoms with Crippen LogP contribution >= 0.6 is 0 Å². The van der Waals surface area contributed by atoms with Crippen LogP contribution < -0.4 is 11.1 Å². The number of carbonyl (C=O) groups excluding carboxylic acids is 1. The number of hydrogen-bond acceptors (Lipinski definition) is 4. The van der Waals surface area contributed by atoms with Crippen LogP contribution in [0.3, 0.4) is 0 Å². The van der Waals surface area contributed by atoms with Gasteiger partial charge in [0.25, 0.3) is 0 Å². The Morgan fingerprint density at radius 1 is 1.45 bits per heavy atom. The van der Waals surface area contributed by atoms with E-state index in [0.29, 0.717) is 0 Å². The zero-order valence-corrected chi connectivity index (χ0v) is 12.0. The standard InChI is InChI=1S/C16H15N5O/c1-3-11-5-4-6-13(7-11)21-9-12(8-18-21)14-10(2)15(22)20-16(17)19-14/h1,4-10,14H,2H3,(H3,17,19,20,22). The number of nitrogens with two attached hydrogens (primary N) is 1. The van der Waals surface area contributed by atoms with E-state index in [4.69, 9.17) is 12.2 Å². The van der Waals surface area contributed by atoms with E-state index < -0.39 is 0 Å². The fourth-order valence-electron chi connectivity index (χ4n) is 2.41. The molecule has 2 unspecified atom stereocenters. The van der Waals surface area contributed by atoms with Crippen molar-refractivity contribution in [3.8, 4) is 18.0 Å². The molecule has 1 aliphatic heterocycles. The molecule has 1 aromatic heterocycles. The van der Waals surface area contributed by atoms with Crippen LogP contribution in [0.2, 0.25) is 0 Å². The highest BCUT2D eigenvalue weighted by molar-refractivity contribution is 5.99. The molecule has 6 nitrogen and oxygen atoms in total. The van der Waals surface area contributed by atoms with Crippen molar-refractivity contribution >= 4 is 11.9 Å². The molecule has 1 aromatic carbocycles. The van der Waals surface area contributed by atoms with Gasteiger partial charge in [-0.3, -0.25) is 10.1 Å². The predicted molar refractivity (Wildman–Crippen MR) is 83.2 cm³/mol. The Morgan fingerprint density at radius 2 is 2.27 bits per heavy atom. The number of guanidine groups is 1. The number of aromatic nitrogens is 2. The lowest BCUT2D eigenvalue weighted by Crippen LogP contribution is -2.45. The van der Waals surface area contributed by atoms with Crippen molar-refractivity contribution in [3.05, 3.63) is 47.8 Å². The van der Waals surface area contributed by atoms with Gasteiger partial charge in [0.1, 0.15) is 0 Å². The highest BCUT2D eigenvalue weighted by atomic mass is 16.2. The summed E-state index contributed by atoms with van der Waals surface area (Å²) in [5.74, 6) is 2.28. The van der Waals surface area contributed by atoms with E-state index in [9.17, 15) is 4.79 Å². The Bertz CT molecular complexity index is 799. The highest BCUT2D eigenvalue weighted by Gasteiger charge is 2.30. The summed E-state index contributed by atoms with van der Waals surface area (Å²) in [6.45, 7) is 1.81. The molecule has 0 saturated carbocycles. The number of amides is 1. The van der Waals surface area contributed by atoms with Crippen LogP contribution in [0.5, 0.6) is 0 Å². The number of hydrogen-bond donors (Lipinski definition) is 2. The third-order valence-electron chi connectivity index (χ3n) is 3.64. The maximum absolute atomic E-state index is 11.8. The van der Waals surface area contributed by atoms with Gasteiger partial charge in [0.2, 0.25) is 5.91 Å². The molecule has 1 amide bonds. The Hall–Kier alpha value is -3.07. The third-order valence-corrected chi connectivity index (χ3v) is 3.64. The number of terminal acetylenes is 1. The molecular weight excluding hydrogens is 278 g/mol. The summed E-state index contributed by atoms with van der Waals surface area (Å²) in [5, 5.41) is 6.85. The quantitative estimate of drug-likeness (QED) is 0.809. The molecule has 1 aliphatic rings. The molecule has 2 aromatic rings. The van der Waals surface area contributed by atoms with Gasteiger partial charge in [-0.05, 0) is 18.2 Å². The minimum atomic E-state index is -0.335. The molecule has 2 atom stereocenters. The first-order chi connectivity index (χ1) is 10.6. The fourth-order valence-corrected chi connectivity index (χ4v) is 2.41. The molecule has 2 heterocycles. The molecule has 0 radical (unpaired) electrons. The molecule has 0 bridgehead atoms. The molecule has 0 aliphatic carbocycles. The van der Waals surface area contributed by atoms with Gasteiger partial charge in [-0.25, -0.2) is 9.67 Å². The van der Waals surface area contributed by atoms with Gasteiger partial charge in [-0.1, -0.05) is 18.9 Å². The Kier molecular flexibility index (Phi) is 3.39. The smallest absolute Gasteiger partial charge is 0.232 e. The van der Waals surface area contributed by atoms with Crippen LogP contribution in [-0.2, 0) is 4.79 Å². The second-order valence-electron chi connectivity index (χ2n) is 5.15. The summed E-state index contributed by atoms with van der Waals surface area (Å²) in [7, 11) is 0. The van der Waals surface area contributed by atoms with Gasteiger partial charge in [-0.2, -0.15) is 5.10 Å². The average Bonchev–Trinajstić information content (AvgIpc) is 3.00. The van der Waals surface area contributed by atoms with E-state index in [0.717, 1.165) is 16.8 Å². The first kappa shape index (κ1) is 13.9. The van der Waals surface area contributed by atoms with E-state index >= 15 is 0 Å². The first-order valence-electron chi connectivity index (χ1n) is 6.84. The van der Waals surface area contributed by atoms with E-state index in [1.54, 1.807) is 10.9 Å². The van der Waals surface area contributed by atoms with Crippen molar-refractivity contribution in [2.24, 2.45) is 16.6 Å². The van der Waals surface area contributed by atoms with E-state index in [2.05, 4.69) is 21.3 Å². The second kappa shape index (κ2) is 5.37. The topological polar surface area (TPSA) is 85.3 Å². The van der Waals surface area contributed by atoms with Crippen molar-refractivity contribution in [1.29, 1.82) is 0 Å². The van der Waals surface area contributed by atoms with Gasteiger partial charge in [-0.15, -0.1) is 6.42 Å². The average molecular weight is 293 g/mol. The summed E-state index contributed by atoms with van der Waals surface area (Å²) in [4.78, 5) is 16.1. The minimum absolute atomic E-state index is 0.134. The van der Waals surface area contributed by atoms with Crippen LogP contribution in [0.1, 0.15) is 24.1 Å². The number of aliphatic imine (C=N–C) groups is 1. The van der Waals surface area contributed by atoms with E-state index in [1.807, 2.05) is 37.4 Å². The van der Waals surface area contributed by atoms with Crippen LogP contribution in [0.25, 0.3) is 5.69 Å². The lowest BCUT2D eigenvalue weighted by atomic mass is 9.95. The Balaban J connectivity index is 1.95. The molecule has 3 rings (SSSR count). The number of nitrogens with zero attached hydrogens (tertiary/aromatic N) is 3. The van der Waals surface area contributed by atoms with Crippen molar-refractivity contribution in [1.82, 2.24) is 15.1 Å². The maximum Gasteiger partial charge on any atom is 0.232 e. The van der Waals surface area contributed by atoms with Gasteiger partial charge in [0, 0.05) is 17.3 Å². The molecule has 110 valence electrons. The Morgan fingerprint density at radius 3 is 3.05 bits per heavy atom. The monoisotopic (exact) mass is 293 g/mol. The zero-order chi connectivity index (χ0) is 15.7. The summed E-state index contributed by atoms with van der Waals surface area (Å²) in [6.07, 6.45) is 8.94. The summed E-state index contributed by atoms with van der Waals surface area (Å²) in [6, 6.07) is 7.17. The fraction of sp³-hybridized carbons (Fsp3) is 0.188. The van der Waals surface area contributed by atoms with Crippen LogP contribution in [0, 0.1) is 18.3 Å². The molecule has 3 N–H and O–H groups in total. The molecule has 22 heavy (non-hydrogen) atoms. The van der Waals surface area contributed by atoms with E-state index in [1.165, 1.54) is 0 Å². The Labute approximate surface area is 128 Å². The lowest BCUT2D eigenvalue weighted by Gasteiger charge is -2.23. The van der Waals surface area contributed by atoms with Crippen molar-refractivity contribution in [2.45, 2.75) is 13.0 Å². The molecule has 0 saturated heterocycles. The van der Waals surface area contributed by atoms with Crippen molar-refractivity contribution in [2.75, 3.05) is 0 Å². The predicted octanol–water partition coefficient (Wildman–Crippen LogP) is 0.975. The number of rotatable bonds is 2. The maximum atomic E-state index is 11.8. The molecule has 6 heteroatoms. The number of carbonyl (C=O) groups is 1. The third kappa shape index (κ3) is 2.44. The normalized spacial score (nSPS) is 20.9. The van der Waals surface area contributed by atoms with E-state index in [-0.39, 0.29) is 23.8 Å². The molecule has 0 spiro atoms.